The summed E-state index contributed by atoms with van der Waals surface area (Å²) >= 11 is 0.377. The maximum absolute atomic E-state index is 15.0. The first-order chi connectivity index (χ1) is 27.4. The highest BCUT2D eigenvalue weighted by Crippen LogP contribution is 2.47. The van der Waals surface area contributed by atoms with E-state index < -0.39 is 57.5 Å². The van der Waals surface area contributed by atoms with E-state index in [1.807, 2.05) is 0 Å². The Labute approximate surface area is 337 Å². The molecule has 1 saturated carbocycles. The second kappa shape index (κ2) is 17.1. The lowest BCUT2D eigenvalue weighted by Gasteiger charge is -2.51. The van der Waals surface area contributed by atoms with Crippen molar-refractivity contribution in [3.63, 3.8) is 0 Å². The quantitative estimate of drug-likeness (QED) is 0.100. The van der Waals surface area contributed by atoms with Crippen molar-refractivity contribution in [2.75, 3.05) is 26.2 Å². The number of allylic oxidation sites excluding steroid dienone is 1. The van der Waals surface area contributed by atoms with Crippen LogP contribution >= 0.6 is 11.3 Å². The normalized spacial score (nSPS) is 22.1. The molecule has 2 aromatic heterocycles. The molecule has 4 heterocycles. The zero-order chi connectivity index (χ0) is 41.9. The Kier molecular flexibility index (Phi) is 12.8. The molecule has 6 rings (SSSR count). The van der Waals surface area contributed by atoms with E-state index in [1.165, 1.54) is 4.90 Å². The fourth-order valence-electron chi connectivity index (χ4n) is 9.00. The second-order valence-electron chi connectivity index (χ2n) is 15.6. The maximum Gasteiger partial charge on any atom is 0.425 e. The summed E-state index contributed by atoms with van der Waals surface area (Å²) in [5, 5.41) is 23.5. The number of ether oxygens (including phenoxy) is 2. The third-order valence-corrected chi connectivity index (χ3v) is 13.0. The molecule has 1 aromatic carbocycles. The summed E-state index contributed by atoms with van der Waals surface area (Å²) in [5.74, 6) is -1.29. The van der Waals surface area contributed by atoms with Crippen LogP contribution in [0.15, 0.2) is 66.4 Å². The van der Waals surface area contributed by atoms with E-state index >= 15 is 0 Å². The molecule has 2 aliphatic heterocycles. The summed E-state index contributed by atoms with van der Waals surface area (Å²) in [7, 11) is 0. The van der Waals surface area contributed by atoms with E-state index in [-0.39, 0.29) is 68.7 Å². The first-order valence-corrected chi connectivity index (χ1v) is 20.6. The van der Waals surface area contributed by atoms with Crippen LogP contribution in [0.25, 0.3) is 0 Å². The first-order valence-electron chi connectivity index (χ1n) is 19.7. The number of nitrogens with zero attached hydrogens (tertiary/aromatic N) is 3. The van der Waals surface area contributed by atoms with Gasteiger partial charge in [-0.3, -0.25) is 14.6 Å². The summed E-state index contributed by atoms with van der Waals surface area (Å²) in [4.78, 5) is 34.5. The van der Waals surface area contributed by atoms with E-state index in [4.69, 9.17) is 9.47 Å². The molecule has 2 N–H and O–H groups in total. The lowest BCUT2D eigenvalue weighted by Crippen LogP contribution is -2.68. The van der Waals surface area contributed by atoms with E-state index in [0.29, 0.717) is 48.5 Å². The molecule has 3 fully saturated rings. The predicted octanol–water partition coefficient (Wildman–Crippen LogP) is 9.70. The van der Waals surface area contributed by atoms with Gasteiger partial charge in [0.25, 0.3) is 11.8 Å². The van der Waals surface area contributed by atoms with Crippen molar-refractivity contribution in [3.8, 4) is 11.5 Å². The average molecular weight is 838 g/mol. The van der Waals surface area contributed by atoms with Gasteiger partial charge in [-0.15, -0.1) is 11.3 Å². The van der Waals surface area contributed by atoms with Crippen molar-refractivity contribution in [2.24, 2.45) is 5.41 Å². The summed E-state index contributed by atoms with van der Waals surface area (Å²) in [6, 6.07) is 8.49. The van der Waals surface area contributed by atoms with Crippen LogP contribution < -0.4 is 9.47 Å². The van der Waals surface area contributed by atoms with Crippen molar-refractivity contribution < 1.29 is 55.6 Å². The lowest BCUT2D eigenvalue weighted by atomic mass is 9.78. The molecule has 0 spiro atoms. The van der Waals surface area contributed by atoms with Crippen molar-refractivity contribution in [1.82, 2.24) is 14.8 Å². The Balaban J connectivity index is 1.26. The number of alkyl halides is 6. The van der Waals surface area contributed by atoms with E-state index in [9.17, 15) is 46.1 Å². The van der Waals surface area contributed by atoms with Crippen molar-refractivity contribution in [1.29, 1.82) is 0 Å². The van der Waals surface area contributed by atoms with Crippen LogP contribution in [-0.4, -0.2) is 74.7 Å². The van der Waals surface area contributed by atoms with Gasteiger partial charge < -0.3 is 29.5 Å². The zero-order valence-electron chi connectivity index (χ0n) is 32.3. The smallest absolute Gasteiger partial charge is 0.425 e. The number of para-hydroxylation sites is 1. The van der Waals surface area contributed by atoms with Gasteiger partial charge in [-0.1, -0.05) is 51.0 Å². The molecule has 2 saturated heterocycles. The van der Waals surface area contributed by atoms with Gasteiger partial charge >= 0.3 is 12.4 Å². The third kappa shape index (κ3) is 8.82. The summed E-state index contributed by atoms with van der Waals surface area (Å²) in [6.07, 6.45) is -2.76. The highest BCUT2D eigenvalue weighted by atomic mass is 32.1. The molecule has 3 aliphatic rings. The molecule has 1 aliphatic carbocycles. The highest BCUT2D eigenvalue weighted by Gasteiger charge is 2.57. The number of piperidine rings is 2. The van der Waals surface area contributed by atoms with Gasteiger partial charge in [-0.2, -0.15) is 26.3 Å². The Morgan fingerprint density at radius 1 is 0.966 bits per heavy atom. The van der Waals surface area contributed by atoms with E-state index in [1.54, 1.807) is 31.2 Å². The van der Waals surface area contributed by atoms with Crippen molar-refractivity contribution in [3.05, 3.63) is 88.1 Å². The maximum atomic E-state index is 15.0. The number of rotatable bonds is 13. The Morgan fingerprint density at radius 3 is 2.31 bits per heavy atom. The summed E-state index contributed by atoms with van der Waals surface area (Å²) in [6.45, 7) is 5.86. The molecular formula is C42H49F6N3O6S. The number of benzene rings is 1. The number of likely N-dealkylation sites (tertiary alicyclic amines) is 2. The number of carbonyl (C=O) groups excluding carboxylic acids is 2. The number of pyridine rings is 1. The Morgan fingerprint density at radius 2 is 1.67 bits per heavy atom. The first kappa shape index (κ1) is 43.3. The topological polar surface area (TPSA) is 112 Å². The highest BCUT2D eigenvalue weighted by molar-refractivity contribution is 7.10. The van der Waals surface area contributed by atoms with Crippen LogP contribution in [-0.2, 0) is 22.7 Å². The van der Waals surface area contributed by atoms with Gasteiger partial charge in [0.1, 0.15) is 22.1 Å². The number of aliphatic hydroxyl groups excluding tert-OH is 1. The molecular weight excluding hydrogens is 789 g/mol. The minimum atomic E-state index is -4.91. The van der Waals surface area contributed by atoms with Gasteiger partial charge in [0.15, 0.2) is 0 Å². The van der Waals surface area contributed by atoms with Crippen molar-refractivity contribution in [2.45, 2.75) is 114 Å². The van der Waals surface area contributed by atoms with Crippen LogP contribution in [0.1, 0.15) is 110 Å². The number of halogens is 6. The Bertz CT molecular complexity index is 1940. The van der Waals surface area contributed by atoms with E-state index in [2.05, 4.69) is 11.6 Å². The number of amides is 2. The minimum absolute atomic E-state index is 0.00139. The fraction of sp³-hybridized carbons (Fsp3) is 0.548. The fourth-order valence-corrected chi connectivity index (χ4v) is 9.67. The van der Waals surface area contributed by atoms with Crippen LogP contribution in [0.2, 0.25) is 0 Å². The molecule has 0 unspecified atom stereocenters. The molecule has 0 bridgehead atoms. The van der Waals surface area contributed by atoms with Crippen LogP contribution in [0.3, 0.4) is 0 Å². The van der Waals surface area contributed by atoms with Gasteiger partial charge in [-0.05, 0) is 69.6 Å². The predicted molar refractivity (Wildman–Crippen MR) is 204 cm³/mol. The standard InChI is InChI=1S/C42H49F6N3O6S/c1-3-11-33-40(57-29-26-34(58-27-29)42(46,47)48,18-9-22-51(33)36(53)35-31(41(43,44)45)13-8-21-49-35)37(54)50-23-19-39(55,20-24-50)30-12-4-5-14-32(30)56-25-10-17-38(28(2)52)15-6-7-16-38/h4-5,8,12-14,21,26-27,33,52,55H,2-3,6-7,9-11,15-20,22-25H2,1H3/t33-,40+/m1/s1. The molecule has 2 atom stereocenters. The summed E-state index contributed by atoms with van der Waals surface area (Å²) < 4.78 is 96.0. The monoisotopic (exact) mass is 837 g/mol. The number of hydrogen-bond acceptors (Lipinski definition) is 8. The molecule has 316 valence electrons. The van der Waals surface area contributed by atoms with Crippen LogP contribution in [0.5, 0.6) is 11.5 Å². The minimum Gasteiger partial charge on any atom is -0.512 e. The zero-order valence-corrected chi connectivity index (χ0v) is 33.2. The van der Waals surface area contributed by atoms with Crippen molar-refractivity contribution >= 4 is 23.2 Å². The number of hydrogen-bond donors (Lipinski definition) is 2. The second-order valence-corrected chi connectivity index (χ2v) is 16.6. The molecule has 0 radical (unpaired) electrons. The average Bonchev–Trinajstić information content (AvgIpc) is 3.88. The third-order valence-electron chi connectivity index (χ3n) is 12.0. The SMILES string of the molecule is C=C(O)C1(CCCOc2ccccc2C2(O)CCN(C(=O)[C@]3(Oc4csc(C(F)(F)F)c4)CCCN(C(=O)c4ncccc4C(F)(F)F)[C@@H]3CCC)CC2)CCCC1. The molecule has 3 aromatic rings. The lowest BCUT2D eigenvalue weighted by molar-refractivity contribution is -0.163. The Hall–Kier alpha value is -4.31. The molecule has 2 amide bonds. The van der Waals surface area contributed by atoms with Crippen LogP contribution in [0.4, 0.5) is 26.3 Å². The molecule has 9 nitrogen and oxygen atoms in total. The molecule has 58 heavy (non-hydrogen) atoms. The number of aromatic nitrogens is 1. The number of carbonyl (C=O) groups is 2. The van der Waals surface area contributed by atoms with E-state index in [0.717, 1.165) is 60.4 Å². The largest absolute Gasteiger partial charge is 0.512 e. The van der Waals surface area contributed by atoms with Crippen LogP contribution in [0, 0.1) is 5.41 Å². The van der Waals surface area contributed by atoms with Gasteiger partial charge in [0.05, 0.1) is 29.6 Å². The van der Waals surface area contributed by atoms with Gasteiger partial charge in [0.2, 0.25) is 5.60 Å². The summed E-state index contributed by atoms with van der Waals surface area (Å²) in [5.41, 5.74) is -5.28. The van der Waals surface area contributed by atoms with Gasteiger partial charge in [-0.25, -0.2) is 0 Å². The number of aliphatic hydroxyl groups is 2. The number of thiophene rings is 1. The molecule has 16 heteroatoms. The van der Waals surface area contributed by atoms with Gasteiger partial charge in [0, 0.05) is 54.7 Å².